The van der Waals surface area contributed by atoms with Gasteiger partial charge in [0, 0.05) is 12.3 Å². The second kappa shape index (κ2) is 5.61. The molecule has 6 heteroatoms. The van der Waals surface area contributed by atoms with E-state index < -0.39 is 20.6 Å². The first kappa shape index (κ1) is 16.8. The van der Waals surface area contributed by atoms with Crippen molar-refractivity contribution in [2.45, 2.75) is 31.6 Å². The molecule has 0 amide bonds. The summed E-state index contributed by atoms with van der Waals surface area (Å²) in [5.41, 5.74) is 7.80. The summed E-state index contributed by atoms with van der Waals surface area (Å²) in [4.78, 5) is 0. The van der Waals surface area contributed by atoms with Crippen LogP contribution >= 0.6 is 0 Å². The van der Waals surface area contributed by atoms with E-state index in [0.29, 0.717) is 11.5 Å². The van der Waals surface area contributed by atoms with Crippen LogP contribution in [0.4, 0.5) is 0 Å². The Bertz CT molecular complexity index is 593. The molecule has 0 spiro atoms. The molecule has 0 radical (unpaired) electrons. The molecule has 1 aromatic carbocycles. The summed E-state index contributed by atoms with van der Waals surface area (Å²) in [7, 11) is -0.214. The summed E-state index contributed by atoms with van der Waals surface area (Å²) < 4.78 is 33.2. The molecule has 2 N–H and O–H groups in total. The zero-order valence-electron chi connectivity index (χ0n) is 12.9. The van der Waals surface area contributed by atoms with Gasteiger partial charge in [-0.05, 0) is 44.0 Å². The van der Waals surface area contributed by atoms with E-state index in [-0.39, 0.29) is 0 Å². The maximum Gasteiger partial charge on any atom is 0.161 e. The minimum atomic E-state index is -3.30. The molecule has 0 saturated carbocycles. The van der Waals surface area contributed by atoms with Crippen LogP contribution < -0.4 is 15.2 Å². The van der Waals surface area contributed by atoms with Gasteiger partial charge in [0.05, 0.1) is 19.0 Å². The predicted octanol–water partition coefficient (Wildman–Crippen LogP) is 1.84. The Labute approximate surface area is 121 Å². The molecule has 0 saturated heterocycles. The molecule has 0 aliphatic carbocycles. The van der Waals surface area contributed by atoms with Crippen LogP contribution in [0, 0.1) is 6.92 Å². The molecule has 114 valence electrons. The van der Waals surface area contributed by atoms with E-state index in [1.807, 2.05) is 6.92 Å². The third-order valence-corrected chi connectivity index (χ3v) is 5.98. The van der Waals surface area contributed by atoms with Gasteiger partial charge in [-0.25, -0.2) is 8.42 Å². The summed E-state index contributed by atoms with van der Waals surface area (Å²) in [5.74, 6) is 1.13. The van der Waals surface area contributed by atoms with Crippen LogP contribution in [-0.2, 0) is 9.84 Å². The number of benzene rings is 1. The quantitative estimate of drug-likeness (QED) is 0.897. The van der Waals surface area contributed by atoms with Crippen molar-refractivity contribution in [1.82, 2.24) is 0 Å². The lowest BCUT2D eigenvalue weighted by Crippen LogP contribution is -2.42. The smallest absolute Gasteiger partial charge is 0.161 e. The fourth-order valence-electron chi connectivity index (χ4n) is 1.94. The topological polar surface area (TPSA) is 78.6 Å². The van der Waals surface area contributed by atoms with Gasteiger partial charge in [-0.1, -0.05) is 0 Å². The molecular formula is C14H23NO4S. The van der Waals surface area contributed by atoms with Gasteiger partial charge in [0.2, 0.25) is 0 Å². The minimum Gasteiger partial charge on any atom is -0.493 e. The standard InChI is InChI=1S/C14H23NO4S/c1-9-7-11(18-4)12(19-5)8-10(9)13(15)14(2,3)20(6,16)17/h7-8,13H,15H2,1-6H3. The number of ether oxygens (including phenoxy) is 2. The highest BCUT2D eigenvalue weighted by Crippen LogP contribution is 2.37. The lowest BCUT2D eigenvalue weighted by Gasteiger charge is -2.31. The van der Waals surface area contributed by atoms with E-state index in [0.717, 1.165) is 11.1 Å². The van der Waals surface area contributed by atoms with Crippen molar-refractivity contribution in [2.75, 3.05) is 20.5 Å². The van der Waals surface area contributed by atoms with Crippen molar-refractivity contribution in [3.63, 3.8) is 0 Å². The second-order valence-corrected chi connectivity index (χ2v) is 8.01. The number of hydrogen-bond donors (Lipinski definition) is 1. The average Bonchev–Trinajstić information content (AvgIpc) is 2.36. The first-order chi connectivity index (χ1) is 9.06. The van der Waals surface area contributed by atoms with Crippen molar-refractivity contribution in [3.8, 4) is 11.5 Å². The molecular weight excluding hydrogens is 278 g/mol. The number of aryl methyl sites for hydroxylation is 1. The third-order valence-electron chi connectivity index (χ3n) is 3.81. The number of hydrogen-bond acceptors (Lipinski definition) is 5. The first-order valence-electron chi connectivity index (χ1n) is 6.24. The molecule has 0 heterocycles. The van der Waals surface area contributed by atoms with Gasteiger partial charge in [0.1, 0.15) is 0 Å². The molecule has 0 aromatic heterocycles. The van der Waals surface area contributed by atoms with Crippen LogP contribution in [0.1, 0.15) is 31.0 Å². The Morgan fingerprint density at radius 1 is 1.15 bits per heavy atom. The molecule has 0 aliphatic heterocycles. The second-order valence-electron chi connectivity index (χ2n) is 5.42. The highest BCUT2D eigenvalue weighted by molar-refractivity contribution is 7.92. The van der Waals surface area contributed by atoms with Crippen molar-refractivity contribution >= 4 is 9.84 Å². The minimum absolute atomic E-state index is 0.535. The molecule has 5 nitrogen and oxygen atoms in total. The molecule has 1 aromatic rings. The fourth-order valence-corrected chi connectivity index (χ4v) is 2.52. The molecule has 0 aliphatic rings. The van der Waals surface area contributed by atoms with E-state index in [4.69, 9.17) is 15.2 Å². The number of methoxy groups -OCH3 is 2. The molecule has 0 fully saturated rings. The molecule has 20 heavy (non-hydrogen) atoms. The lowest BCUT2D eigenvalue weighted by molar-refractivity contribution is 0.353. The number of nitrogens with two attached hydrogens (primary N) is 1. The highest BCUT2D eigenvalue weighted by atomic mass is 32.2. The normalized spacial score (nSPS) is 13.9. The molecule has 0 bridgehead atoms. The maximum atomic E-state index is 11.9. The van der Waals surface area contributed by atoms with Gasteiger partial charge in [0.15, 0.2) is 21.3 Å². The van der Waals surface area contributed by atoms with Crippen LogP contribution in [-0.4, -0.2) is 33.6 Å². The third kappa shape index (κ3) is 2.91. The van der Waals surface area contributed by atoms with Gasteiger partial charge in [-0.15, -0.1) is 0 Å². The Hall–Kier alpha value is -1.27. The van der Waals surface area contributed by atoms with Crippen molar-refractivity contribution in [3.05, 3.63) is 23.3 Å². The van der Waals surface area contributed by atoms with E-state index in [2.05, 4.69) is 0 Å². The highest BCUT2D eigenvalue weighted by Gasteiger charge is 2.38. The predicted molar refractivity (Wildman–Crippen MR) is 80.1 cm³/mol. The SMILES string of the molecule is COc1cc(C)c(C(N)C(C)(C)S(C)(=O)=O)cc1OC. The van der Waals surface area contributed by atoms with E-state index >= 15 is 0 Å². The molecule has 1 atom stereocenters. The van der Waals surface area contributed by atoms with Crippen LogP contribution in [0.3, 0.4) is 0 Å². The van der Waals surface area contributed by atoms with Crippen molar-refractivity contribution in [2.24, 2.45) is 5.73 Å². The largest absolute Gasteiger partial charge is 0.493 e. The monoisotopic (exact) mass is 301 g/mol. The summed E-state index contributed by atoms with van der Waals surface area (Å²) in [6, 6.07) is 2.88. The van der Waals surface area contributed by atoms with Gasteiger partial charge in [-0.3, -0.25) is 0 Å². The zero-order valence-corrected chi connectivity index (χ0v) is 13.7. The van der Waals surface area contributed by atoms with Crippen LogP contribution in [0.15, 0.2) is 12.1 Å². The summed E-state index contributed by atoms with van der Waals surface area (Å²) >= 11 is 0. The van der Waals surface area contributed by atoms with Gasteiger partial charge in [0.25, 0.3) is 0 Å². The van der Waals surface area contributed by atoms with E-state index in [1.54, 1.807) is 33.1 Å². The summed E-state index contributed by atoms with van der Waals surface area (Å²) in [6.07, 6.45) is 1.20. The van der Waals surface area contributed by atoms with Crippen LogP contribution in [0.5, 0.6) is 11.5 Å². The van der Waals surface area contributed by atoms with E-state index in [1.165, 1.54) is 13.4 Å². The Morgan fingerprint density at radius 3 is 2.00 bits per heavy atom. The van der Waals surface area contributed by atoms with Crippen LogP contribution in [0.25, 0.3) is 0 Å². The van der Waals surface area contributed by atoms with Gasteiger partial charge >= 0.3 is 0 Å². The summed E-state index contributed by atoms with van der Waals surface area (Å²) in [5, 5.41) is 0. The average molecular weight is 301 g/mol. The number of rotatable bonds is 5. The fraction of sp³-hybridized carbons (Fsp3) is 0.571. The lowest BCUT2D eigenvalue weighted by atomic mass is 9.92. The van der Waals surface area contributed by atoms with Crippen LogP contribution in [0.2, 0.25) is 0 Å². The Kier molecular flexibility index (Phi) is 4.71. The first-order valence-corrected chi connectivity index (χ1v) is 8.13. The van der Waals surface area contributed by atoms with Gasteiger partial charge in [-0.2, -0.15) is 0 Å². The molecule has 1 unspecified atom stereocenters. The summed E-state index contributed by atoms with van der Waals surface area (Å²) in [6.45, 7) is 5.13. The van der Waals surface area contributed by atoms with E-state index in [9.17, 15) is 8.42 Å². The van der Waals surface area contributed by atoms with Crippen molar-refractivity contribution in [1.29, 1.82) is 0 Å². The Balaban J connectivity index is 3.41. The number of sulfone groups is 1. The molecule has 1 rings (SSSR count). The zero-order chi connectivity index (χ0) is 15.7. The van der Waals surface area contributed by atoms with Crippen molar-refractivity contribution < 1.29 is 17.9 Å². The maximum absolute atomic E-state index is 11.9. The van der Waals surface area contributed by atoms with Gasteiger partial charge < -0.3 is 15.2 Å². The Morgan fingerprint density at radius 2 is 1.60 bits per heavy atom.